The zero-order chi connectivity index (χ0) is 25.8. The summed E-state index contributed by atoms with van der Waals surface area (Å²) < 4.78 is 48.5. The van der Waals surface area contributed by atoms with Gasteiger partial charge in [-0.1, -0.05) is 0 Å². The number of hydrogen-bond acceptors (Lipinski definition) is 8. The Morgan fingerprint density at radius 1 is 1.03 bits per heavy atom. The van der Waals surface area contributed by atoms with Crippen molar-refractivity contribution >= 4 is 45.4 Å². The number of ether oxygens (including phenoxy) is 1. The van der Waals surface area contributed by atoms with Gasteiger partial charge in [0.2, 0.25) is 0 Å². The minimum atomic E-state index is -4.48. The third-order valence-electron chi connectivity index (χ3n) is 7.80. The van der Waals surface area contributed by atoms with Gasteiger partial charge in [0.15, 0.2) is 15.6 Å². The fourth-order valence-electron chi connectivity index (χ4n) is 5.74. The number of anilines is 2. The monoisotopic (exact) mass is 628 g/mol. The zero-order valence-corrected chi connectivity index (χ0v) is 22.7. The van der Waals surface area contributed by atoms with E-state index in [0.717, 1.165) is 85.0 Å². The molecule has 3 aromatic rings. The van der Waals surface area contributed by atoms with Gasteiger partial charge in [-0.3, -0.25) is 0 Å². The molecule has 0 aromatic carbocycles. The van der Waals surface area contributed by atoms with Crippen molar-refractivity contribution in [3.05, 3.63) is 27.5 Å². The molecule has 1 atom stereocenters. The van der Waals surface area contributed by atoms with Crippen LogP contribution in [0.3, 0.4) is 0 Å². The molecule has 0 aliphatic carbocycles. The quantitative estimate of drug-likeness (QED) is 0.385. The maximum Gasteiger partial charge on any atom is 0.433 e. The lowest BCUT2D eigenvalue weighted by atomic mass is 9.78. The van der Waals surface area contributed by atoms with Gasteiger partial charge in [0.05, 0.1) is 6.20 Å². The summed E-state index contributed by atoms with van der Waals surface area (Å²) in [6.07, 6.45) is 3.11. The second kappa shape index (κ2) is 9.47. The highest BCUT2D eigenvalue weighted by molar-refractivity contribution is 14.1. The summed E-state index contributed by atoms with van der Waals surface area (Å²) in [4.78, 5) is 21.8. The van der Waals surface area contributed by atoms with Crippen LogP contribution in [0.1, 0.15) is 56.3 Å². The van der Waals surface area contributed by atoms with Crippen LogP contribution in [0.25, 0.3) is 11.2 Å². The van der Waals surface area contributed by atoms with Crippen LogP contribution in [0.15, 0.2) is 12.3 Å². The molecule has 0 amide bonds. The van der Waals surface area contributed by atoms with Crippen molar-refractivity contribution in [2.75, 3.05) is 42.6 Å². The van der Waals surface area contributed by atoms with Crippen LogP contribution in [-0.2, 0) is 10.9 Å². The van der Waals surface area contributed by atoms with Crippen molar-refractivity contribution in [2.24, 2.45) is 5.41 Å². The molecule has 1 spiro atoms. The predicted octanol–water partition coefficient (Wildman–Crippen LogP) is 4.74. The maximum atomic E-state index is 13.3. The van der Waals surface area contributed by atoms with E-state index in [2.05, 4.69) is 47.5 Å². The first-order valence-electron chi connectivity index (χ1n) is 12.7. The van der Waals surface area contributed by atoms with Gasteiger partial charge in [0, 0.05) is 38.9 Å². The lowest BCUT2D eigenvalue weighted by Crippen LogP contribution is -2.42. The summed E-state index contributed by atoms with van der Waals surface area (Å²) in [7, 11) is 0. The van der Waals surface area contributed by atoms with Crippen LogP contribution in [0, 0.1) is 16.0 Å². The molecule has 3 saturated heterocycles. The van der Waals surface area contributed by atoms with E-state index in [4.69, 9.17) is 9.72 Å². The van der Waals surface area contributed by atoms with Crippen molar-refractivity contribution in [1.29, 1.82) is 0 Å². The number of rotatable bonds is 3. The van der Waals surface area contributed by atoms with Gasteiger partial charge in [-0.15, -0.1) is 0 Å². The largest absolute Gasteiger partial charge is 0.433 e. The summed E-state index contributed by atoms with van der Waals surface area (Å²) in [6.45, 7) is 5.26. The molecule has 3 aliphatic rings. The van der Waals surface area contributed by atoms with Crippen molar-refractivity contribution in [3.8, 4) is 0 Å². The SMILES string of the molecule is Cc1nc(N2CCC3(CCN(c4cnc5c(I)nn(C6CCCCO6)c5n4)CC3)C2)cc(C(F)(F)F)n1. The van der Waals surface area contributed by atoms with E-state index < -0.39 is 11.9 Å². The van der Waals surface area contributed by atoms with Gasteiger partial charge in [0.1, 0.15) is 28.7 Å². The average Bonchev–Trinajstić information content (AvgIpc) is 3.45. The van der Waals surface area contributed by atoms with Crippen molar-refractivity contribution in [2.45, 2.75) is 57.9 Å². The number of alkyl halides is 3. The highest BCUT2D eigenvalue weighted by Crippen LogP contribution is 2.43. The molecule has 6 rings (SSSR count). The topological polar surface area (TPSA) is 85.1 Å². The molecule has 0 bridgehead atoms. The van der Waals surface area contributed by atoms with Gasteiger partial charge in [-0.05, 0) is 73.5 Å². The Morgan fingerprint density at radius 3 is 2.49 bits per heavy atom. The Kier molecular flexibility index (Phi) is 6.40. The molecule has 0 N–H and O–H groups in total. The number of aromatic nitrogens is 6. The van der Waals surface area contributed by atoms with Gasteiger partial charge < -0.3 is 14.5 Å². The molecular formula is C24H28F3IN8O. The highest BCUT2D eigenvalue weighted by atomic mass is 127. The number of halogens is 4. The fourth-order valence-corrected chi connectivity index (χ4v) is 6.36. The van der Waals surface area contributed by atoms with Crippen LogP contribution in [0.4, 0.5) is 24.8 Å². The summed E-state index contributed by atoms with van der Waals surface area (Å²) in [5, 5.41) is 4.67. The smallest absolute Gasteiger partial charge is 0.356 e. The Morgan fingerprint density at radius 2 is 1.78 bits per heavy atom. The fraction of sp³-hybridized carbons (Fsp3) is 0.625. The van der Waals surface area contributed by atoms with Crippen LogP contribution in [-0.4, -0.2) is 62.5 Å². The first-order chi connectivity index (χ1) is 17.7. The first-order valence-corrected chi connectivity index (χ1v) is 13.7. The van der Waals surface area contributed by atoms with Crippen molar-refractivity contribution in [1.82, 2.24) is 29.7 Å². The third kappa shape index (κ3) is 4.84. The molecule has 0 saturated carbocycles. The normalized spacial score (nSPS) is 22.4. The predicted molar refractivity (Wildman–Crippen MR) is 139 cm³/mol. The second-order valence-corrected chi connectivity index (χ2v) is 11.3. The van der Waals surface area contributed by atoms with E-state index in [0.29, 0.717) is 18.9 Å². The number of hydrogen-bond donors (Lipinski definition) is 0. The Bertz CT molecular complexity index is 1300. The number of fused-ring (bicyclic) bond motifs is 1. The molecule has 3 fully saturated rings. The van der Waals surface area contributed by atoms with Crippen molar-refractivity contribution < 1.29 is 17.9 Å². The molecule has 3 aliphatic heterocycles. The summed E-state index contributed by atoms with van der Waals surface area (Å²) in [5.74, 6) is 1.33. The third-order valence-corrected chi connectivity index (χ3v) is 8.53. The number of piperidine rings is 1. The van der Waals surface area contributed by atoms with E-state index in [9.17, 15) is 13.2 Å². The van der Waals surface area contributed by atoms with Gasteiger partial charge in [-0.2, -0.15) is 18.3 Å². The molecule has 198 valence electrons. The number of aryl methyl sites for hydroxylation is 1. The van der Waals surface area contributed by atoms with E-state index in [1.807, 2.05) is 15.8 Å². The Hall–Kier alpha value is -2.29. The number of nitrogens with zero attached hydrogens (tertiary/aromatic N) is 8. The molecular weight excluding hydrogens is 600 g/mol. The second-order valence-electron chi connectivity index (χ2n) is 10.3. The lowest BCUT2D eigenvalue weighted by molar-refractivity contribution is -0.141. The van der Waals surface area contributed by atoms with Gasteiger partial charge >= 0.3 is 6.18 Å². The van der Waals surface area contributed by atoms with Crippen LogP contribution in [0.2, 0.25) is 0 Å². The first kappa shape index (κ1) is 25.0. The van der Waals surface area contributed by atoms with E-state index >= 15 is 0 Å². The van der Waals surface area contributed by atoms with Crippen molar-refractivity contribution in [3.63, 3.8) is 0 Å². The minimum absolute atomic E-state index is 0.0539. The molecule has 6 heterocycles. The van der Waals surface area contributed by atoms with E-state index in [-0.39, 0.29) is 17.5 Å². The molecule has 1 unspecified atom stereocenters. The highest BCUT2D eigenvalue weighted by Gasteiger charge is 2.42. The summed E-state index contributed by atoms with van der Waals surface area (Å²) in [5.41, 5.74) is 0.711. The van der Waals surface area contributed by atoms with Crippen LogP contribution in [0.5, 0.6) is 0 Å². The average molecular weight is 628 g/mol. The molecule has 13 heteroatoms. The summed E-state index contributed by atoms with van der Waals surface area (Å²) >= 11 is 2.20. The Labute approximate surface area is 226 Å². The van der Waals surface area contributed by atoms with Crippen LogP contribution < -0.4 is 9.80 Å². The maximum absolute atomic E-state index is 13.3. The molecule has 0 radical (unpaired) electrons. The van der Waals surface area contributed by atoms with E-state index in [1.165, 1.54) is 6.92 Å². The lowest BCUT2D eigenvalue weighted by Gasteiger charge is -2.39. The van der Waals surface area contributed by atoms with Gasteiger partial charge in [0.25, 0.3) is 0 Å². The molecule has 9 nitrogen and oxygen atoms in total. The summed E-state index contributed by atoms with van der Waals surface area (Å²) in [6, 6.07) is 1.08. The standard InChI is InChI=1S/C24H28F3IN8O/c1-15-30-16(24(25,26)27)12-17(31-15)35-10-7-23(14-35)5-8-34(9-6-23)18-13-29-20-21(28)33-36(22(20)32-18)19-4-2-3-11-37-19/h12-13,19H,2-11,14H2,1H3. The molecule has 37 heavy (non-hydrogen) atoms. The Balaban J connectivity index is 1.17. The minimum Gasteiger partial charge on any atom is -0.356 e. The van der Waals surface area contributed by atoms with Crippen LogP contribution >= 0.6 is 22.6 Å². The van der Waals surface area contributed by atoms with Gasteiger partial charge in [-0.25, -0.2) is 24.6 Å². The van der Waals surface area contributed by atoms with E-state index in [1.54, 1.807) is 0 Å². The zero-order valence-electron chi connectivity index (χ0n) is 20.5. The molecule has 3 aromatic heterocycles.